The Morgan fingerprint density at radius 3 is 2.73 bits per heavy atom. The first-order chi connectivity index (χ1) is 10.4. The fourth-order valence-electron chi connectivity index (χ4n) is 2.15. The second-order valence-corrected chi connectivity index (χ2v) is 5.38. The topological polar surface area (TPSA) is 114 Å². The molecular formula is C15H18N4O3. The molecule has 1 unspecified atom stereocenters. The molecule has 1 aliphatic rings. The molecule has 0 spiro atoms. The van der Waals surface area contributed by atoms with E-state index in [1.54, 1.807) is 12.4 Å². The number of primary amides is 1. The van der Waals surface area contributed by atoms with Crippen LogP contribution in [-0.2, 0) is 20.8 Å². The summed E-state index contributed by atoms with van der Waals surface area (Å²) in [7, 11) is 0. The van der Waals surface area contributed by atoms with Crippen molar-refractivity contribution in [3.05, 3.63) is 41.9 Å². The number of hydrogen-bond acceptors (Lipinski definition) is 4. The number of pyridine rings is 1. The summed E-state index contributed by atoms with van der Waals surface area (Å²) in [6, 6.07) is 3.74. The molecule has 0 saturated carbocycles. The predicted molar refractivity (Wildman–Crippen MR) is 79.1 cm³/mol. The predicted octanol–water partition coefficient (Wildman–Crippen LogP) is -0.364. The Labute approximate surface area is 128 Å². The lowest BCUT2D eigenvalue weighted by atomic mass is 9.80. The van der Waals surface area contributed by atoms with Gasteiger partial charge in [-0.15, -0.1) is 0 Å². The molecule has 1 aromatic rings. The molecule has 7 nitrogen and oxygen atoms in total. The van der Waals surface area contributed by atoms with Gasteiger partial charge in [0, 0.05) is 37.1 Å². The van der Waals surface area contributed by atoms with Crippen LogP contribution in [0.5, 0.6) is 0 Å². The smallest absolute Gasteiger partial charge is 0.248 e. The van der Waals surface area contributed by atoms with Crippen LogP contribution >= 0.6 is 0 Å². The molecule has 0 aromatic carbocycles. The van der Waals surface area contributed by atoms with Gasteiger partial charge in [-0.1, -0.05) is 0 Å². The summed E-state index contributed by atoms with van der Waals surface area (Å²) >= 11 is 0. The fraction of sp³-hybridized carbons (Fsp3) is 0.333. The van der Waals surface area contributed by atoms with Crippen molar-refractivity contribution in [3.8, 4) is 0 Å². The SMILES string of the molecule is CC1(C(N)=O)CC(C(=O)NCCc2ccncc2)=CNC1=O. The van der Waals surface area contributed by atoms with Gasteiger partial charge in [0.2, 0.25) is 17.7 Å². The van der Waals surface area contributed by atoms with E-state index in [1.165, 1.54) is 13.1 Å². The molecule has 2 rings (SSSR count). The van der Waals surface area contributed by atoms with Gasteiger partial charge in [-0.3, -0.25) is 19.4 Å². The van der Waals surface area contributed by atoms with Gasteiger partial charge in [0.25, 0.3) is 0 Å². The molecule has 0 radical (unpaired) electrons. The number of carbonyl (C=O) groups is 3. The van der Waals surface area contributed by atoms with E-state index >= 15 is 0 Å². The van der Waals surface area contributed by atoms with Crippen molar-refractivity contribution < 1.29 is 14.4 Å². The fourth-order valence-corrected chi connectivity index (χ4v) is 2.15. The van der Waals surface area contributed by atoms with E-state index in [1.807, 2.05) is 12.1 Å². The number of rotatable bonds is 5. The third-order valence-electron chi connectivity index (χ3n) is 3.71. The Morgan fingerprint density at radius 2 is 2.09 bits per heavy atom. The largest absolute Gasteiger partial charge is 0.369 e. The van der Waals surface area contributed by atoms with Crippen molar-refractivity contribution >= 4 is 17.7 Å². The number of carbonyl (C=O) groups excluding carboxylic acids is 3. The van der Waals surface area contributed by atoms with Gasteiger partial charge < -0.3 is 16.4 Å². The Bertz CT molecular complexity index is 627. The summed E-state index contributed by atoms with van der Waals surface area (Å²) in [5.41, 5.74) is 5.26. The van der Waals surface area contributed by atoms with Crippen LogP contribution in [0.15, 0.2) is 36.3 Å². The van der Waals surface area contributed by atoms with Crippen molar-refractivity contribution in [2.75, 3.05) is 6.54 Å². The summed E-state index contributed by atoms with van der Waals surface area (Å²) < 4.78 is 0. The molecule has 116 valence electrons. The van der Waals surface area contributed by atoms with E-state index in [9.17, 15) is 14.4 Å². The molecule has 0 bridgehead atoms. The molecule has 0 fully saturated rings. The van der Waals surface area contributed by atoms with Crippen LogP contribution in [0, 0.1) is 5.41 Å². The molecule has 1 aliphatic heterocycles. The van der Waals surface area contributed by atoms with Crippen LogP contribution in [0.25, 0.3) is 0 Å². The van der Waals surface area contributed by atoms with E-state index in [2.05, 4.69) is 15.6 Å². The molecule has 0 aliphatic carbocycles. The van der Waals surface area contributed by atoms with Crippen LogP contribution in [-0.4, -0.2) is 29.3 Å². The highest BCUT2D eigenvalue weighted by molar-refractivity contribution is 6.08. The average Bonchev–Trinajstić information content (AvgIpc) is 2.51. The number of hydrogen-bond donors (Lipinski definition) is 3. The van der Waals surface area contributed by atoms with E-state index in [0.29, 0.717) is 18.5 Å². The second-order valence-electron chi connectivity index (χ2n) is 5.38. The van der Waals surface area contributed by atoms with Crippen LogP contribution < -0.4 is 16.4 Å². The normalized spacial score (nSPS) is 20.8. The molecule has 2 heterocycles. The monoisotopic (exact) mass is 302 g/mol. The highest BCUT2D eigenvalue weighted by Crippen LogP contribution is 2.28. The third kappa shape index (κ3) is 3.30. The number of aromatic nitrogens is 1. The zero-order chi connectivity index (χ0) is 16.2. The summed E-state index contributed by atoms with van der Waals surface area (Å²) in [6.07, 6.45) is 5.37. The second kappa shape index (κ2) is 6.38. The molecule has 0 saturated heterocycles. The first-order valence-corrected chi connectivity index (χ1v) is 6.90. The summed E-state index contributed by atoms with van der Waals surface area (Å²) in [5.74, 6) is -1.56. The first kappa shape index (κ1) is 15.7. The van der Waals surface area contributed by atoms with Crippen molar-refractivity contribution in [1.29, 1.82) is 0 Å². The van der Waals surface area contributed by atoms with Gasteiger partial charge in [0.05, 0.1) is 0 Å². The third-order valence-corrected chi connectivity index (χ3v) is 3.71. The molecule has 1 aromatic heterocycles. The van der Waals surface area contributed by atoms with Gasteiger partial charge >= 0.3 is 0 Å². The molecule has 1 atom stereocenters. The van der Waals surface area contributed by atoms with E-state index in [0.717, 1.165) is 5.56 Å². The van der Waals surface area contributed by atoms with Crippen LogP contribution in [0.1, 0.15) is 18.9 Å². The standard InChI is InChI=1S/C15H18N4O3/c1-15(13(16)21)8-11(9-19-14(15)22)12(20)18-7-4-10-2-5-17-6-3-10/h2-3,5-6,9H,4,7-8H2,1H3,(H2,16,21)(H,18,20)(H,19,22). The zero-order valence-electron chi connectivity index (χ0n) is 12.3. The van der Waals surface area contributed by atoms with Crippen molar-refractivity contribution in [3.63, 3.8) is 0 Å². The van der Waals surface area contributed by atoms with Gasteiger partial charge in [0.1, 0.15) is 5.41 Å². The average molecular weight is 302 g/mol. The minimum atomic E-state index is -1.40. The Kier molecular flexibility index (Phi) is 4.55. The van der Waals surface area contributed by atoms with Gasteiger partial charge in [-0.2, -0.15) is 0 Å². The summed E-state index contributed by atoms with van der Waals surface area (Å²) in [5, 5.41) is 5.18. The minimum Gasteiger partial charge on any atom is -0.369 e. The lowest BCUT2D eigenvalue weighted by Crippen LogP contribution is -2.50. The molecule has 3 amide bonds. The van der Waals surface area contributed by atoms with E-state index in [4.69, 9.17) is 5.73 Å². The number of nitrogens with zero attached hydrogens (tertiary/aromatic N) is 1. The van der Waals surface area contributed by atoms with E-state index < -0.39 is 17.2 Å². The van der Waals surface area contributed by atoms with Crippen molar-refractivity contribution in [2.45, 2.75) is 19.8 Å². The first-order valence-electron chi connectivity index (χ1n) is 6.90. The number of nitrogens with two attached hydrogens (primary N) is 1. The Morgan fingerprint density at radius 1 is 1.41 bits per heavy atom. The Hall–Kier alpha value is -2.70. The van der Waals surface area contributed by atoms with Crippen LogP contribution in [0.2, 0.25) is 0 Å². The quantitative estimate of drug-likeness (QED) is 0.644. The maximum atomic E-state index is 12.1. The molecule has 22 heavy (non-hydrogen) atoms. The van der Waals surface area contributed by atoms with E-state index in [-0.39, 0.29) is 12.3 Å². The zero-order valence-corrected chi connectivity index (χ0v) is 12.3. The maximum absolute atomic E-state index is 12.1. The highest BCUT2D eigenvalue weighted by Gasteiger charge is 2.43. The number of nitrogens with one attached hydrogen (secondary N) is 2. The lowest BCUT2D eigenvalue weighted by molar-refractivity contribution is -0.140. The molecule has 4 N–H and O–H groups in total. The highest BCUT2D eigenvalue weighted by atomic mass is 16.2. The minimum absolute atomic E-state index is 0.00471. The van der Waals surface area contributed by atoms with Crippen molar-refractivity contribution in [1.82, 2.24) is 15.6 Å². The lowest BCUT2D eigenvalue weighted by Gasteiger charge is -2.28. The molecular weight excluding hydrogens is 284 g/mol. The van der Waals surface area contributed by atoms with Crippen molar-refractivity contribution in [2.24, 2.45) is 11.1 Å². The van der Waals surface area contributed by atoms with Gasteiger partial charge in [-0.25, -0.2) is 0 Å². The van der Waals surface area contributed by atoms with Crippen LogP contribution in [0.4, 0.5) is 0 Å². The van der Waals surface area contributed by atoms with Crippen LogP contribution in [0.3, 0.4) is 0 Å². The summed E-state index contributed by atoms with van der Waals surface area (Å²) in [6.45, 7) is 1.88. The Balaban J connectivity index is 1.93. The molecule has 7 heteroatoms. The van der Waals surface area contributed by atoms with Gasteiger partial charge in [0.15, 0.2) is 0 Å². The summed E-state index contributed by atoms with van der Waals surface area (Å²) in [4.78, 5) is 39.2. The number of amides is 3. The maximum Gasteiger partial charge on any atom is 0.248 e. The van der Waals surface area contributed by atoms with Gasteiger partial charge in [-0.05, 0) is 31.0 Å².